The van der Waals surface area contributed by atoms with E-state index in [9.17, 15) is 9.59 Å². The molecule has 3 heterocycles. The number of carbonyl (C=O) groups excluding carboxylic acids is 2. The number of furan rings is 1. The zero-order chi connectivity index (χ0) is 18.2. The maximum atomic E-state index is 12.5. The molecule has 132 valence electrons. The van der Waals surface area contributed by atoms with Crippen LogP contribution < -0.4 is 10.6 Å². The number of amides is 2. The molecule has 0 aliphatic carbocycles. The normalized spacial score (nSPS) is 11.2. The van der Waals surface area contributed by atoms with Gasteiger partial charge < -0.3 is 20.0 Å². The van der Waals surface area contributed by atoms with Crippen LogP contribution in [0.2, 0.25) is 0 Å². The van der Waals surface area contributed by atoms with Gasteiger partial charge in [0.05, 0.1) is 6.26 Å². The molecule has 0 atom stereocenters. The third kappa shape index (κ3) is 4.70. The summed E-state index contributed by atoms with van der Waals surface area (Å²) in [6, 6.07) is 10.5. The minimum atomic E-state index is -0.489. The molecule has 26 heavy (non-hydrogen) atoms. The number of rotatable bonds is 7. The molecule has 0 fully saturated rings. The van der Waals surface area contributed by atoms with Gasteiger partial charge >= 0.3 is 0 Å². The highest BCUT2D eigenvalue weighted by atomic mass is 16.3. The van der Waals surface area contributed by atoms with Gasteiger partial charge in [0.25, 0.3) is 11.8 Å². The van der Waals surface area contributed by atoms with Gasteiger partial charge in [-0.3, -0.25) is 14.6 Å². The predicted octanol–water partition coefficient (Wildman–Crippen LogP) is 2.13. The first kappa shape index (κ1) is 17.2. The van der Waals surface area contributed by atoms with E-state index in [1.807, 2.05) is 12.1 Å². The van der Waals surface area contributed by atoms with Crippen molar-refractivity contribution in [2.75, 3.05) is 6.54 Å². The Hall–Kier alpha value is -3.61. The molecule has 7 nitrogen and oxygen atoms in total. The van der Waals surface area contributed by atoms with Crippen molar-refractivity contribution in [2.24, 2.45) is 0 Å². The molecule has 0 aliphatic rings. The van der Waals surface area contributed by atoms with Gasteiger partial charge in [-0.05, 0) is 54.5 Å². The molecular weight excluding hydrogens is 332 g/mol. The van der Waals surface area contributed by atoms with Gasteiger partial charge in [-0.15, -0.1) is 0 Å². The molecule has 0 bridgehead atoms. The first-order chi connectivity index (χ1) is 12.7. The quantitative estimate of drug-likeness (QED) is 0.568. The zero-order valence-corrected chi connectivity index (χ0v) is 13.9. The van der Waals surface area contributed by atoms with E-state index in [4.69, 9.17) is 4.42 Å². The molecule has 0 saturated heterocycles. The van der Waals surface area contributed by atoms with Crippen LogP contribution in [0.25, 0.3) is 6.08 Å². The second-order valence-electron chi connectivity index (χ2n) is 5.48. The lowest BCUT2D eigenvalue weighted by atomic mass is 10.2. The van der Waals surface area contributed by atoms with Crippen molar-refractivity contribution in [1.82, 2.24) is 20.6 Å². The lowest BCUT2D eigenvalue weighted by Gasteiger charge is -2.10. The third-order valence-corrected chi connectivity index (χ3v) is 3.61. The summed E-state index contributed by atoms with van der Waals surface area (Å²) in [4.78, 5) is 31.6. The molecule has 3 aromatic heterocycles. The Morgan fingerprint density at radius 1 is 1.15 bits per heavy atom. The van der Waals surface area contributed by atoms with E-state index < -0.39 is 5.91 Å². The van der Waals surface area contributed by atoms with Crippen molar-refractivity contribution < 1.29 is 14.0 Å². The Kier molecular flexibility index (Phi) is 5.61. The summed E-state index contributed by atoms with van der Waals surface area (Å²) in [6.07, 6.45) is 8.78. The van der Waals surface area contributed by atoms with Crippen molar-refractivity contribution in [1.29, 1.82) is 0 Å². The molecule has 3 N–H and O–H groups in total. The monoisotopic (exact) mass is 350 g/mol. The fourth-order valence-electron chi connectivity index (χ4n) is 2.30. The van der Waals surface area contributed by atoms with Crippen LogP contribution in [-0.2, 0) is 11.2 Å². The summed E-state index contributed by atoms with van der Waals surface area (Å²) in [5.74, 6) is -0.738. The van der Waals surface area contributed by atoms with E-state index in [2.05, 4.69) is 20.6 Å². The van der Waals surface area contributed by atoms with Gasteiger partial charge in [0.15, 0.2) is 5.76 Å². The minimum absolute atomic E-state index is 0.128. The van der Waals surface area contributed by atoms with Gasteiger partial charge in [-0.25, -0.2) is 0 Å². The lowest BCUT2D eigenvalue weighted by Crippen LogP contribution is -2.35. The molecule has 0 saturated carbocycles. The number of nitrogens with one attached hydrogen (secondary N) is 3. The van der Waals surface area contributed by atoms with Crippen LogP contribution in [0.4, 0.5) is 0 Å². The van der Waals surface area contributed by atoms with Crippen LogP contribution in [0, 0.1) is 0 Å². The van der Waals surface area contributed by atoms with E-state index in [0.29, 0.717) is 18.7 Å². The van der Waals surface area contributed by atoms with E-state index in [1.54, 1.807) is 42.9 Å². The summed E-state index contributed by atoms with van der Waals surface area (Å²) in [5, 5.41) is 5.40. The van der Waals surface area contributed by atoms with Gasteiger partial charge in [-0.1, -0.05) is 0 Å². The number of H-pyrrole nitrogens is 1. The van der Waals surface area contributed by atoms with Gasteiger partial charge in [0.2, 0.25) is 0 Å². The van der Waals surface area contributed by atoms with Crippen molar-refractivity contribution in [3.8, 4) is 0 Å². The summed E-state index contributed by atoms with van der Waals surface area (Å²) in [6.45, 7) is 0.432. The van der Waals surface area contributed by atoms with Crippen LogP contribution in [-0.4, -0.2) is 28.3 Å². The van der Waals surface area contributed by atoms with Crippen molar-refractivity contribution in [3.05, 3.63) is 84.0 Å². The summed E-state index contributed by atoms with van der Waals surface area (Å²) in [7, 11) is 0. The summed E-state index contributed by atoms with van der Waals surface area (Å²) >= 11 is 0. The minimum Gasteiger partial charge on any atom is -0.459 e. The highest BCUT2D eigenvalue weighted by Crippen LogP contribution is 2.06. The van der Waals surface area contributed by atoms with Crippen molar-refractivity contribution >= 4 is 17.9 Å². The average Bonchev–Trinajstić information content (AvgIpc) is 3.36. The second kappa shape index (κ2) is 8.48. The molecule has 0 spiro atoms. The van der Waals surface area contributed by atoms with Crippen LogP contribution in [0.3, 0.4) is 0 Å². The third-order valence-electron chi connectivity index (χ3n) is 3.61. The highest BCUT2D eigenvalue weighted by Gasteiger charge is 2.16. The molecular formula is C19H18N4O3. The lowest BCUT2D eigenvalue weighted by molar-refractivity contribution is -0.117. The zero-order valence-electron chi connectivity index (χ0n) is 13.9. The second-order valence-corrected chi connectivity index (χ2v) is 5.48. The van der Waals surface area contributed by atoms with Crippen LogP contribution in [0.15, 0.2) is 71.4 Å². The summed E-state index contributed by atoms with van der Waals surface area (Å²) < 4.78 is 5.07. The molecule has 7 heteroatoms. The number of hydrogen-bond acceptors (Lipinski definition) is 4. The SMILES string of the molecule is O=C(NCCc1ccncc1)/C(=C\c1ccc[nH]1)NC(=O)c1ccco1. The van der Waals surface area contributed by atoms with Gasteiger partial charge in [-0.2, -0.15) is 0 Å². The Morgan fingerprint density at radius 3 is 2.69 bits per heavy atom. The van der Waals surface area contributed by atoms with Crippen LogP contribution >= 0.6 is 0 Å². The number of carbonyl (C=O) groups is 2. The maximum Gasteiger partial charge on any atom is 0.291 e. The topological polar surface area (TPSA) is 100 Å². The molecule has 0 radical (unpaired) electrons. The predicted molar refractivity (Wildman–Crippen MR) is 95.9 cm³/mol. The molecule has 0 aromatic carbocycles. The molecule has 3 rings (SSSR count). The number of aromatic amines is 1. The number of hydrogen-bond donors (Lipinski definition) is 3. The first-order valence-electron chi connectivity index (χ1n) is 8.09. The van der Waals surface area contributed by atoms with E-state index in [0.717, 1.165) is 5.56 Å². The van der Waals surface area contributed by atoms with Crippen LogP contribution in [0.5, 0.6) is 0 Å². The summed E-state index contributed by atoms with van der Waals surface area (Å²) in [5.41, 5.74) is 1.89. The molecule has 0 unspecified atom stereocenters. The Bertz CT molecular complexity index is 869. The average molecular weight is 350 g/mol. The Morgan fingerprint density at radius 2 is 2.00 bits per heavy atom. The number of pyridine rings is 1. The Labute approximate surface area is 150 Å². The van der Waals surface area contributed by atoms with E-state index >= 15 is 0 Å². The molecule has 3 aromatic rings. The van der Waals surface area contributed by atoms with Crippen molar-refractivity contribution in [3.63, 3.8) is 0 Å². The maximum absolute atomic E-state index is 12.5. The largest absolute Gasteiger partial charge is 0.459 e. The number of nitrogens with zero attached hydrogens (tertiary/aromatic N) is 1. The smallest absolute Gasteiger partial charge is 0.291 e. The van der Waals surface area contributed by atoms with Gasteiger partial charge in [0, 0.05) is 30.8 Å². The van der Waals surface area contributed by atoms with E-state index in [-0.39, 0.29) is 17.4 Å². The van der Waals surface area contributed by atoms with Gasteiger partial charge in [0.1, 0.15) is 5.70 Å². The standard InChI is InChI=1S/C19H18N4O3/c24-18(22-11-7-14-5-9-20-10-6-14)16(13-15-3-1-8-21-15)23-19(25)17-4-2-12-26-17/h1-6,8-10,12-13,21H,7,11H2,(H,22,24)(H,23,25)/b16-13+. The fraction of sp³-hybridized carbons (Fsp3) is 0.105. The highest BCUT2D eigenvalue weighted by molar-refractivity contribution is 6.04. The first-order valence-corrected chi connectivity index (χ1v) is 8.09. The fourth-order valence-corrected chi connectivity index (χ4v) is 2.30. The van der Waals surface area contributed by atoms with Crippen LogP contribution in [0.1, 0.15) is 21.8 Å². The van der Waals surface area contributed by atoms with E-state index in [1.165, 1.54) is 12.3 Å². The Balaban J connectivity index is 1.66. The molecule has 0 aliphatic heterocycles. The molecule has 2 amide bonds. The number of aromatic nitrogens is 2. The van der Waals surface area contributed by atoms with Crippen molar-refractivity contribution in [2.45, 2.75) is 6.42 Å².